The van der Waals surface area contributed by atoms with Gasteiger partial charge in [0.2, 0.25) is 0 Å². The van der Waals surface area contributed by atoms with Gasteiger partial charge in [0.25, 0.3) is 0 Å². The van der Waals surface area contributed by atoms with Gasteiger partial charge in [-0.05, 0) is 25.1 Å². The van der Waals surface area contributed by atoms with Gasteiger partial charge in [0.05, 0.1) is 11.0 Å². The monoisotopic (exact) mass is 240 g/mol. The zero-order valence-electron chi connectivity index (χ0n) is 9.81. The number of rotatable bonds is 1. The van der Waals surface area contributed by atoms with Crippen molar-refractivity contribution in [1.29, 1.82) is 0 Å². The first-order valence-electron chi connectivity index (χ1n) is 5.63. The number of benzene rings is 2. The van der Waals surface area contributed by atoms with Crippen LogP contribution in [0.15, 0.2) is 36.4 Å². The quantitative estimate of drug-likeness (QED) is 0.612. The highest BCUT2D eigenvalue weighted by atomic mass is 16.3. The van der Waals surface area contributed by atoms with Crippen molar-refractivity contribution in [2.24, 2.45) is 0 Å². The molecule has 0 fully saturated rings. The van der Waals surface area contributed by atoms with Crippen molar-refractivity contribution in [3.05, 3.63) is 42.0 Å². The van der Waals surface area contributed by atoms with Crippen LogP contribution < -0.4 is 0 Å². The van der Waals surface area contributed by atoms with Crippen LogP contribution in [0.3, 0.4) is 0 Å². The van der Waals surface area contributed by atoms with Gasteiger partial charge in [0, 0.05) is 17.2 Å². The second kappa shape index (κ2) is 3.77. The molecule has 2 aromatic carbocycles. The maximum atomic E-state index is 9.70. The topological polar surface area (TPSA) is 69.1 Å². The van der Waals surface area contributed by atoms with Crippen LogP contribution in [0.5, 0.6) is 11.5 Å². The van der Waals surface area contributed by atoms with E-state index in [1.54, 1.807) is 30.3 Å². The normalized spacial score (nSPS) is 10.9. The molecule has 0 aliphatic heterocycles. The molecule has 3 N–H and O–H groups in total. The summed E-state index contributed by atoms with van der Waals surface area (Å²) < 4.78 is 0. The largest absolute Gasteiger partial charge is 0.508 e. The third kappa shape index (κ3) is 1.59. The van der Waals surface area contributed by atoms with Crippen LogP contribution in [-0.2, 0) is 0 Å². The first-order chi connectivity index (χ1) is 8.65. The number of aromatic amines is 1. The van der Waals surface area contributed by atoms with Gasteiger partial charge in [-0.15, -0.1) is 0 Å². The second-order valence-electron chi connectivity index (χ2n) is 4.24. The summed E-state index contributed by atoms with van der Waals surface area (Å²) >= 11 is 0. The number of aromatic hydroxyl groups is 2. The van der Waals surface area contributed by atoms with Crippen molar-refractivity contribution in [3.8, 4) is 22.9 Å². The Hall–Kier alpha value is -2.49. The lowest BCUT2D eigenvalue weighted by molar-refractivity contribution is 0.471. The summed E-state index contributed by atoms with van der Waals surface area (Å²) in [6.07, 6.45) is 0. The SMILES string of the molecule is Cc1c(O)cccc1-c1nc2ccc(O)cc2[nH]1. The maximum absolute atomic E-state index is 9.70. The van der Waals surface area contributed by atoms with Crippen molar-refractivity contribution < 1.29 is 10.2 Å². The number of hydrogen-bond acceptors (Lipinski definition) is 3. The fraction of sp³-hybridized carbons (Fsp3) is 0.0714. The number of fused-ring (bicyclic) bond motifs is 1. The molecule has 0 atom stereocenters. The Morgan fingerprint density at radius 1 is 1.11 bits per heavy atom. The van der Waals surface area contributed by atoms with Crippen LogP contribution in [-0.4, -0.2) is 20.2 Å². The lowest BCUT2D eigenvalue weighted by atomic mass is 10.1. The first kappa shape index (κ1) is 10.7. The van der Waals surface area contributed by atoms with E-state index in [0.29, 0.717) is 5.82 Å². The van der Waals surface area contributed by atoms with Crippen LogP contribution in [0, 0.1) is 6.92 Å². The Kier molecular flexibility index (Phi) is 2.23. The molecular formula is C14H12N2O2. The van der Waals surface area contributed by atoms with Gasteiger partial charge >= 0.3 is 0 Å². The molecule has 0 amide bonds. The molecule has 4 nitrogen and oxygen atoms in total. The highest BCUT2D eigenvalue weighted by molar-refractivity contribution is 5.81. The van der Waals surface area contributed by atoms with Gasteiger partial charge in [-0.25, -0.2) is 4.98 Å². The number of aromatic nitrogens is 2. The van der Waals surface area contributed by atoms with Gasteiger partial charge in [-0.1, -0.05) is 12.1 Å². The minimum Gasteiger partial charge on any atom is -0.508 e. The van der Waals surface area contributed by atoms with Crippen LogP contribution >= 0.6 is 0 Å². The molecular weight excluding hydrogens is 228 g/mol. The molecule has 1 heterocycles. The zero-order valence-corrected chi connectivity index (χ0v) is 9.81. The van der Waals surface area contributed by atoms with Crippen LogP contribution in [0.2, 0.25) is 0 Å². The lowest BCUT2D eigenvalue weighted by Gasteiger charge is -2.03. The number of hydrogen-bond donors (Lipinski definition) is 3. The summed E-state index contributed by atoms with van der Waals surface area (Å²) in [5.41, 5.74) is 3.18. The fourth-order valence-electron chi connectivity index (χ4n) is 2.01. The van der Waals surface area contributed by atoms with Crippen molar-refractivity contribution >= 4 is 11.0 Å². The van der Waals surface area contributed by atoms with E-state index in [9.17, 15) is 10.2 Å². The van der Waals surface area contributed by atoms with Crippen LogP contribution in [0.25, 0.3) is 22.4 Å². The Balaban J connectivity index is 2.22. The van der Waals surface area contributed by atoms with Gasteiger partial charge in [0.15, 0.2) is 0 Å². The molecule has 0 aliphatic rings. The molecule has 3 rings (SSSR count). The molecule has 0 spiro atoms. The van der Waals surface area contributed by atoms with Crippen LogP contribution in [0.4, 0.5) is 0 Å². The van der Waals surface area contributed by atoms with E-state index >= 15 is 0 Å². The number of nitrogens with one attached hydrogen (secondary N) is 1. The molecule has 0 unspecified atom stereocenters. The average Bonchev–Trinajstić information content (AvgIpc) is 2.75. The predicted molar refractivity (Wildman–Crippen MR) is 69.6 cm³/mol. The van der Waals surface area contributed by atoms with Crippen molar-refractivity contribution in [2.45, 2.75) is 6.92 Å². The fourth-order valence-corrected chi connectivity index (χ4v) is 2.01. The van der Waals surface area contributed by atoms with E-state index in [-0.39, 0.29) is 11.5 Å². The lowest BCUT2D eigenvalue weighted by Crippen LogP contribution is -1.85. The molecule has 0 radical (unpaired) electrons. The number of phenols is 2. The number of phenolic OH excluding ortho intramolecular Hbond substituents is 2. The summed E-state index contributed by atoms with van der Waals surface area (Å²) in [7, 11) is 0. The van der Waals surface area contributed by atoms with Crippen molar-refractivity contribution in [1.82, 2.24) is 9.97 Å². The van der Waals surface area contributed by atoms with E-state index in [2.05, 4.69) is 9.97 Å². The van der Waals surface area contributed by atoms with E-state index in [1.807, 2.05) is 13.0 Å². The molecule has 0 bridgehead atoms. The highest BCUT2D eigenvalue weighted by Gasteiger charge is 2.10. The minimum absolute atomic E-state index is 0.199. The molecule has 0 saturated carbocycles. The Labute approximate surface area is 104 Å². The number of nitrogens with zero attached hydrogens (tertiary/aromatic N) is 1. The van der Waals surface area contributed by atoms with Gasteiger partial charge in [0.1, 0.15) is 17.3 Å². The highest BCUT2D eigenvalue weighted by Crippen LogP contribution is 2.29. The summed E-state index contributed by atoms with van der Waals surface area (Å²) in [4.78, 5) is 7.59. The summed E-state index contributed by atoms with van der Waals surface area (Å²) in [5.74, 6) is 1.13. The predicted octanol–water partition coefficient (Wildman–Crippen LogP) is 2.95. The molecule has 0 aliphatic carbocycles. The minimum atomic E-state index is 0.199. The zero-order chi connectivity index (χ0) is 12.7. The van der Waals surface area contributed by atoms with Gasteiger partial charge < -0.3 is 15.2 Å². The van der Waals surface area contributed by atoms with E-state index < -0.39 is 0 Å². The standard InChI is InChI=1S/C14H12N2O2/c1-8-10(3-2-4-13(8)18)14-15-11-6-5-9(17)7-12(11)16-14/h2-7,17-18H,1H3,(H,15,16). The molecule has 0 saturated heterocycles. The smallest absolute Gasteiger partial charge is 0.138 e. The summed E-state index contributed by atoms with van der Waals surface area (Å²) in [6.45, 7) is 1.84. The summed E-state index contributed by atoms with van der Waals surface area (Å²) in [6, 6.07) is 10.3. The molecule has 1 aromatic heterocycles. The first-order valence-corrected chi connectivity index (χ1v) is 5.63. The Bertz CT molecular complexity index is 732. The Morgan fingerprint density at radius 2 is 1.94 bits per heavy atom. The van der Waals surface area contributed by atoms with E-state index in [1.165, 1.54) is 0 Å². The van der Waals surface area contributed by atoms with Crippen molar-refractivity contribution in [2.75, 3.05) is 0 Å². The van der Waals surface area contributed by atoms with E-state index in [0.717, 1.165) is 22.2 Å². The molecule has 3 aromatic rings. The second-order valence-corrected chi connectivity index (χ2v) is 4.24. The van der Waals surface area contributed by atoms with E-state index in [4.69, 9.17) is 0 Å². The maximum Gasteiger partial charge on any atom is 0.138 e. The van der Waals surface area contributed by atoms with Gasteiger partial charge in [-0.3, -0.25) is 0 Å². The molecule has 18 heavy (non-hydrogen) atoms. The van der Waals surface area contributed by atoms with Gasteiger partial charge in [-0.2, -0.15) is 0 Å². The Morgan fingerprint density at radius 3 is 2.78 bits per heavy atom. The molecule has 90 valence electrons. The average molecular weight is 240 g/mol. The third-order valence-electron chi connectivity index (χ3n) is 3.03. The third-order valence-corrected chi connectivity index (χ3v) is 3.03. The number of imidazole rings is 1. The molecule has 4 heteroatoms. The number of H-pyrrole nitrogens is 1. The van der Waals surface area contributed by atoms with Crippen molar-refractivity contribution in [3.63, 3.8) is 0 Å². The summed E-state index contributed by atoms with van der Waals surface area (Å²) in [5, 5.41) is 19.1. The van der Waals surface area contributed by atoms with Crippen LogP contribution in [0.1, 0.15) is 5.56 Å².